The number of aromatic carboxylic acids is 1. The van der Waals surface area contributed by atoms with Crippen LogP contribution < -0.4 is 0 Å². The fourth-order valence-corrected chi connectivity index (χ4v) is 2.08. The van der Waals surface area contributed by atoms with Crippen LogP contribution in [0.1, 0.15) is 60.3 Å². The average molecular weight is 208 g/mol. The van der Waals surface area contributed by atoms with Gasteiger partial charge in [0.15, 0.2) is 0 Å². The molecule has 0 spiro atoms. The van der Waals surface area contributed by atoms with Gasteiger partial charge in [-0.2, -0.15) is 5.10 Å². The van der Waals surface area contributed by atoms with Crippen LogP contribution in [-0.4, -0.2) is 20.9 Å². The first-order chi connectivity index (χ1) is 7.02. The van der Waals surface area contributed by atoms with Crippen molar-refractivity contribution in [1.29, 1.82) is 0 Å². The molecule has 0 amide bonds. The van der Waals surface area contributed by atoms with Crippen molar-refractivity contribution in [1.82, 2.24) is 9.78 Å². The Morgan fingerprint density at radius 3 is 2.53 bits per heavy atom. The van der Waals surface area contributed by atoms with Crippen LogP contribution in [0.15, 0.2) is 0 Å². The van der Waals surface area contributed by atoms with Gasteiger partial charge >= 0.3 is 5.97 Å². The molecule has 1 aromatic heterocycles. The summed E-state index contributed by atoms with van der Waals surface area (Å²) >= 11 is 0. The fourth-order valence-electron chi connectivity index (χ4n) is 2.08. The lowest BCUT2D eigenvalue weighted by atomic mass is 10.0. The molecule has 0 aliphatic heterocycles. The number of aryl methyl sites for hydroxylation is 1. The Hall–Kier alpha value is -1.32. The van der Waals surface area contributed by atoms with Gasteiger partial charge in [0.25, 0.3) is 0 Å². The summed E-state index contributed by atoms with van der Waals surface area (Å²) in [6, 6.07) is 0. The van der Waals surface area contributed by atoms with E-state index in [4.69, 9.17) is 0 Å². The maximum absolute atomic E-state index is 11.2. The predicted molar refractivity (Wildman–Crippen MR) is 56.2 cm³/mol. The molecule has 1 N–H and O–H groups in total. The SMILES string of the molecule is CC(C)c1c(C(=O)O)c(C2CC2)nn1C. The summed E-state index contributed by atoms with van der Waals surface area (Å²) < 4.78 is 1.72. The molecule has 0 radical (unpaired) electrons. The number of carboxylic acids is 1. The van der Waals surface area contributed by atoms with Crippen LogP contribution in [0.25, 0.3) is 0 Å². The lowest BCUT2D eigenvalue weighted by Gasteiger charge is -2.06. The molecule has 1 heterocycles. The summed E-state index contributed by atoms with van der Waals surface area (Å²) in [4.78, 5) is 11.2. The third kappa shape index (κ3) is 1.64. The van der Waals surface area contributed by atoms with Gasteiger partial charge in [0.1, 0.15) is 5.56 Å². The molecule has 4 nitrogen and oxygen atoms in total. The van der Waals surface area contributed by atoms with E-state index in [2.05, 4.69) is 5.10 Å². The van der Waals surface area contributed by atoms with Crippen LogP contribution >= 0.6 is 0 Å². The number of carbonyl (C=O) groups is 1. The Morgan fingerprint density at radius 2 is 2.13 bits per heavy atom. The van der Waals surface area contributed by atoms with E-state index in [1.165, 1.54) is 0 Å². The summed E-state index contributed by atoms with van der Waals surface area (Å²) in [5, 5.41) is 13.6. The first kappa shape index (κ1) is 10.2. The normalized spacial score (nSPS) is 16.0. The smallest absolute Gasteiger partial charge is 0.339 e. The molecular weight excluding hydrogens is 192 g/mol. The van der Waals surface area contributed by atoms with Gasteiger partial charge < -0.3 is 5.11 Å². The van der Waals surface area contributed by atoms with Crippen molar-refractivity contribution in [3.05, 3.63) is 17.0 Å². The fraction of sp³-hybridized carbons (Fsp3) is 0.636. The minimum absolute atomic E-state index is 0.195. The van der Waals surface area contributed by atoms with Crippen LogP contribution in [0.2, 0.25) is 0 Å². The second-order valence-electron chi connectivity index (χ2n) is 4.50. The molecular formula is C11H16N2O2. The largest absolute Gasteiger partial charge is 0.478 e. The minimum Gasteiger partial charge on any atom is -0.478 e. The Labute approximate surface area is 88.9 Å². The van der Waals surface area contributed by atoms with Crippen LogP contribution in [0.3, 0.4) is 0 Å². The maximum atomic E-state index is 11.2. The number of aromatic nitrogens is 2. The zero-order valence-electron chi connectivity index (χ0n) is 9.32. The summed E-state index contributed by atoms with van der Waals surface area (Å²) in [7, 11) is 1.83. The van der Waals surface area contributed by atoms with E-state index in [0.29, 0.717) is 11.5 Å². The Kier molecular flexibility index (Phi) is 2.29. The molecule has 1 aromatic rings. The van der Waals surface area contributed by atoms with E-state index in [9.17, 15) is 9.90 Å². The van der Waals surface area contributed by atoms with Gasteiger partial charge in [-0.25, -0.2) is 4.79 Å². The van der Waals surface area contributed by atoms with Crippen LogP contribution in [0, 0.1) is 0 Å². The van der Waals surface area contributed by atoms with E-state index in [-0.39, 0.29) is 5.92 Å². The quantitative estimate of drug-likeness (QED) is 0.827. The van der Waals surface area contributed by atoms with Crippen LogP contribution in [0.4, 0.5) is 0 Å². The third-order valence-electron chi connectivity index (χ3n) is 2.84. The average Bonchev–Trinajstić information content (AvgIpc) is 2.88. The first-order valence-corrected chi connectivity index (χ1v) is 5.32. The predicted octanol–water partition coefficient (Wildman–Crippen LogP) is 2.12. The zero-order chi connectivity index (χ0) is 11.2. The number of rotatable bonds is 3. The van der Waals surface area contributed by atoms with Gasteiger partial charge in [-0.3, -0.25) is 4.68 Å². The van der Waals surface area contributed by atoms with Gasteiger partial charge in [0.05, 0.1) is 11.4 Å². The topological polar surface area (TPSA) is 55.1 Å². The van der Waals surface area contributed by atoms with Crippen molar-refractivity contribution in [2.24, 2.45) is 7.05 Å². The molecule has 82 valence electrons. The lowest BCUT2D eigenvalue weighted by molar-refractivity contribution is 0.0694. The molecule has 2 rings (SSSR count). The molecule has 1 saturated carbocycles. The summed E-state index contributed by atoms with van der Waals surface area (Å²) in [6.45, 7) is 4.00. The highest BCUT2D eigenvalue weighted by molar-refractivity contribution is 5.91. The molecule has 4 heteroatoms. The van der Waals surface area contributed by atoms with Crippen molar-refractivity contribution < 1.29 is 9.90 Å². The van der Waals surface area contributed by atoms with Gasteiger partial charge in [0, 0.05) is 13.0 Å². The Morgan fingerprint density at radius 1 is 1.53 bits per heavy atom. The van der Waals surface area contributed by atoms with Crippen molar-refractivity contribution in [2.45, 2.75) is 38.5 Å². The van der Waals surface area contributed by atoms with E-state index in [1.54, 1.807) is 4.68 Å². The van der Waals surface area contributed by atoms with Gasteiger partial charge in [-0.05, 0) is 18.8 Å². The molecule has 1 fully saturated rings. The summed E-state index contributed by atoms with van der Waals surface area (Å²) in [6.07, 6.45) is 2.16. The summed E-state index contributed by atoms with van der Waals surface area (Å²) in [5.74, 6) is -0.260. The lowest BCUT2D eigenvalue weighted by Crippen LogP contribution is -2.07. The maximum Gasteiger partial charge on any atom is 0.339 e. The van der Waals surface area contributed by atoms with Crippen molar-refractivity contribution in [3.63, 3.8) is 0 Å². The highest BCUT2D eigenvalue weighted by Crippen LogP contribution is 2.42. The van der Waals surface area contributed by atoms with Gasteiger partial charge in [0.2, 0.25) is 0 Å². The van der Waals surface area contributed by atoms with Crippen molar-refractivity contribution in [2.75, 3.05) is 0 Å². The van der Waals surface area contributed by atoms with Crippen molar-refractivity contribution in [3.8, 4) is 0 Å². The van der Waals surface area contributed by atoms with E-state index in [0.717, 1.165) is 24.2 Å². The summed E-state index contributed by atoms with van der Waals surface area (Å²) in [5.41, 5.74) is 2.06. The van der Waals surface area contributed by atoms with E-state index in [1.807, 2.05) is 20.9 Å². The number of nitrogens with zero attached hydrogens (tertiary/aromatic N) is 2. The molecule has 1 aliphatic rings. The highest BCUT2D eigenvalue weighted by Gasteiger charge is 2.34. The molecule has 0 saturated heterocycles. The van der Waals surface area contributed by atoms with Crippen LogP contribution in [0.5, 0.6) is 0 Å². The first-order valence-electron chi connectivity index (χ1n) is 5.32. The van der Waals surface area contributed by atoms with Gasteiger partial charge in [-0.1, -0.05) is 13.8 Å². The van der Waals surface area contributed by atoms with Gasteiger partial charge in [-0.15, -0.1) is 0 Å². The molecule has 1 aliphatic carbocycles. The molecule has 0 atom stereocenters. The van der Waals surface area contributed by atoms with E-state index >= 15 is 0 Å². The van der Waals surface area contributed by atoms with Crippen molar-refractivity contribution >= 4 is 5.97 Å². The second kappa shape index (κ2) is 3.36. The Bertz CT molecular complexity index is 403. The van der Waals surface area contributed by atoms with E-state index < -0.39 is 5.97 Å². The molecule has 15 heavy (non-hydrogen) atoms. The monoisotopic (exact) mass is 208 g/mol. The minimum atomic E-state index is -0.839. The third-order valence-corrected chi connectivity index (χ3v) is 2.84. The molecule has 0 unspecified atom stereocenters. The number of carboxylic acid groups (broad SMARTS) is 1. The zero-order valence-corrected chi connectivity index (χ0v) is 9.32. The highest BCUT2D eigenvalue weighted by atomic mass is 16.4. The Balaban J connectivity index is 2.56. The standard InChI is InChI=1S/C11H16N2O2/c1-6(2)10-8(11(14)15)9(7-4-5-7)12-13(10)3/h6-7H,4-5H2,1-3H3,(H,14,15). The molecule has 0 bridgehead atoms. The number of hydrogen-bond acceptors (Lipinski definition) is 2. The molecule has 0 aromatic carbocycles. The van der Waals surface area contributed by atoms with Crippen LogP contribution in [-0.2, 0) is 7.05 Å². The number of hydrogen-bond donors (Lipinski definition) is 1. The second-order valence-corrected chi connectivity index (χ2v) is 4.50.